The SMILES string of the molecule is Fc1ccc(NCCN2CCCCC2)cc1. The quantitative estimate of drug-likeness (QED) is 0.842. The zero-order chi connectivity index (χ0) is 11.2. The molecule has 2 nitrogen and oxygen atoms in total. The first-order valence-electron chi connectivity index (χ1n) is 6.06. The molecule has 1 aromatic rings. The number of anilines is 1. The first-order valence-corrected chi connectivity index (χ1v) is 6.06. The number of benzene rings is 1. The monoisotopic (exact) mass is 222 g/mol. The smallest absolute Gasteiger partial charge is 0.123 e. The van der Waals surface area contributed by atoms with Gasteiger partial charge in [-0.2, -0.15) is 0 Å². The molecule has 0 radical (unpaired) electrons. The number of likely N-dealkylation sites (tertiary alicyclic amines) is 1. The topological polar surface area (TPSA) is 15.3 Å². The van der Waals surface area contributed by atoms with Gasteiger partial charge in [-0.05, 0) is 50.2 Å². The summed E-state index contributed by atoms with van der Waals surface area (Å²) < 4.78 is 12.7. The van der Waals surface area contributed by atoms with E-state index >= 15 is 0 Å². The second-order valence-electron chi connectivity index (χ2n) is 4.34. The van der Waals surface area contributed by atoms with Crippen LogP contribution in [0.4, 0.5) is 10.1 Å². The zero-order valence-corrected chi connectivity index (χ0v) is 9.58. The molecule has 1 fully saturated rings. The number of rotatable bonds is 4. The Labute approximate surface area is 96.5 Å². The molecule has 1 aliphatic rings. The Morgan fingerprint density at radius 2 is 1.75 bits per heavy atom. The minimum atomic E-state index is -0.179. The summed E-state index contributed by atoms with van der Waals surface area (Å²) in [7, 11) is 0. The summed E-state index contributed by atoms with van der Waals surface area (Å²) in [6.07, 6.45) is 4.04. The Bertz CT molecular complexity index is 304. The maximum absolute atomic E-state index is 12.7. The zero-order valence-electron chi connectivity index (χ0n) is 9.58. The molecule has 1 aromatic carbocycles. The number of nitrogens with zero attached hydrogens (tertiary/aromatic N) is 1. The van der Waals surface area contributed by atoms with Crippen molar-refractivity contribution in [2.75, 3.05) is 31.5 Å². The fraction of sp³-hybridized carbons (Fsp3) is 0.538. The van der Waals surface area contributed by atoms with Crippen LogP contribution < -0.4 is 5.32 Å². The molecule has 1 heterocycles. The molecule has 1 N–H and O–H groups in total. The van der Waals surface area contributed by atoms with E-state index in [1.807, 2.05) is 0 Å². The van der Waals surface area contributed by atoms with Gasteiger partial charge in [0.25, 0.3) is 0 Å². The molecule has 0 aromatic heterocycles. The highest BCUT2D eigenvalue weighted by molar-refractivity contribution is 5.42. The summed E-state index contributed by atoms with van der Waals surface area (Å²) in [4.78, 5) is 2.49. The van der Waals surface area contributed by atoms with Crippen LogP contribution in [0, 0.1) is 5.82 Å². The number of piperidine rings is 1. The average Bonchev–Trinajstić information content (AvgIpc) is 2.33. The molecule has 0 aliphatic carbocycles. The summed E-state index contributed by atoms with van der Waals surface area (Å²) in [5.74, 6) is -0.179. The molecule has 0 unspecified atom stereocenters. The lowest BCUT2D eigenvalue weighted by atomic mass is 10.1. The van der Waals surface area contributed by atoms with Gasteiger partial charge in [0.1, 0.15) is 5.82 Å². The third-order valence-electron chi connectivity index (χ3n) is 3.05. The normalized spacial score (nSPS) is 17.3. The van der Waals surface area contributed by atoms with Gasteiger partial charge in [0.2, 0.25) is 0 Å². The molecule has 0 saturated carbocycles. The van der Waals surface area contributed by atoms with Crippen LogP contribution in [0.1, 0.15) is 19.3 Å². The molecule has 1 aliphatic heterocycles. The van der Waals surface area contributed by atoms with Gasteiger partial charge in [0.05, 0.1) is 0 Å². The second kappa shape index (κ2) is 5.85. The third kappa shape index (κ3) is 3.49. The average molecular weight is 222 g/mol. The van der Waals surface area contributed by atoms with Gasteiger partial charge >= 0.3 is 0 Å². The van der Waals surface area contributed by atoms with Crippen LogP contribution in [0.2, 0.25) is 0 Å². The maximum Gasteiger partial charge on any atom is 0.123 e. The van der Waals surface area contributed by atoms with Crippen molar-refractivity contribution in [2.24, 2.45) is 0 Å². The molecule has 0 bridgehead atoms. The van der Waals surface area contributed by atoms with Crippen molar-refractivity contribution in [3.8, 4) is 0 Å². The van der Waals surface area contributed by atoms with Gasteiger partial charge in [-0.25, -0.2) is 4.39 Å². The first kappa shape index (κ1) is 11.4. The lowest BCUT2D eigenvalue weighted by Gasteiger charge is -2.26. The highest BCUT2D eigenvalue weighted by Gasteiger charge is 2.08. The number of nitrogens with one attached hydrogen (secondary N) is 1. The highest BCUT2D eigenvalue weighted by Crippen LogP contribution is 2.10. The molecule has 0 amide bonds. The Kier molecular flexibility index (Phi) is 4.17. The number of hydrogen-bond donors (Lipinski definition) is 1. The van der Waals surface area contributed by atoms with Crippen LogP contribution in [0.5, 0.6) is 0 Å². The van der Waals surface area contributed by atoms with Crippen molar-refractivity contribution in [2.45, 2.75) is 19.3 Å². The summed E-state index contributed by atoms with van der Waals surface area (Å²) >= 11 is 0. The van der Waals surface area contributed by atoms with Gasteiger partial charge in [-0.3, -0.25) is 0 Å². The maximum atomic E-state index is 12.7. The van der Waals surface area contributed by atoms with E-state index in [9.17, 15) is 4.39 Å². The summed E-state index contributed by atoms with van der Waals surface area (Å²) in [5, 5.41) is 3.31. The van der Waals surface area contributed by atoms with E-state index in [0.29, 0.717) is 0 Å². The highest BCUT2D eigenvalue weighted by atomic mass is 19.1. The molecule has 16 heavy (non-hydrogen) atoms. The van der Waals surface area contributed by atoms with Gasteiger partial charge in [0.15, 0.2) is 0 Å². The largest absolute Gasteiger partial charge is 0.384 e. The minimum absolute atomic E-state index is 0.179. The molecular weight excluding hydrogens is 203 g/mol. The van der Waals surface area contributed by atoms with Crippen LogP contribution in [0.25, 0.3) is 0 Å². The van der Waals surface area contributed by atoms with Crippen LogP contribution in [0.3, 0.4) is 0 Å². The van der Waals surface area contributed by atoms with Crippen molar-refractivity contribution in [3.05, 3.63) is 30.1 Å². The fourth-order valence-corrected chi connectivity index (χ4v) is 2.11. The molecule has 1 saturated heterocycles. The Morgan fingerprint density at radius 1 is 1.06 bits per heavy atom. The Balaban J connectivity index is 1.69. The summed E-state index contributed by atoms with van der Waals surface area (Å²) in [6, 6.07) is 6.55. The van der Waals surface area contributed by atoms with E-state index in [-0.39, 0.29) is 5.82 Å². The van der Waals surface area contributed by atoms with Gasteiger partial charge in [-0.1, -0.05) is 6.42 Å². The third-order valence-corrected chi connectivity index (χ3v) is 3.05. The van der Waals surface area contributed by atoms with Crippen LogP contribution >= 0.6 is 0 Å². The van der Waals surface area contributed by atoms with Crippen molar-refractivity contribution in [3.63, 3.8) is 0 Å². The van der Waals surface area contributed by atoms with Crippen LogP contribution in [-0.2, 0) is 0 Å². The lowest BCUT2D eigenvalue weighted by Crippen LogP contribution is -2.33. The Hall–Kier alpha value is -1.09. The van der Waals surface area contributed by atoms with Gasteiger partial charge in [-0.15, -0.1) is 0 Å². The van der Waals surface area contributed by atoms with Crippen molar-refractivity contribution >= 4 is 5.69 Å². The lowest BCUT2D eigenvalue weighted by molar-refractivity contribution is 0.237. The number of halogens is 1. The number of hydrogen-bond acceptors (Lipinski definition) is 2. The predicted octanol–water partition coefficient (Wildman–Crippen LogP) is 2.72. The summed E-state index contributed by atoms with van der Waals surface area (Å²) in [5.41, 5.74) is 0.999. The van der Waals surface area contributed by atoms with Crippen LogP contribution in [-0.4, -0.2) is 31.1 Å². The van der Waals surface area contributed by atoms with Gasteiger partial charge < -0.3 is 10.2 Å². The van der Waals surface area contributed by atoms with E-state index in [0.717, 1.165) is 18.8 Å². The minimum Gasteiger partial charge on any atom is -0.384 e. The van der Waals surface area contributed by atoms with Gasteiger partial charge in [0, 0.05) is 18.8 Å². The van der Waals surface area contributed by atoms with Crippen LogP contribution in [0.15, 0.2) is 24.3 Å². The predicted molar refractivity (Wildman–Crippen MR) is 65.2 cm³/mol. The van der Waals surface area contributed by atoms with Crippen molar-refractivity contribution < 1.29 is 4.39 Å². The van der Waals surface area contributed by atoms with E-state index in [1.165, 1.54) is 44.5 Å². The second-order valence-corrected chi connectivity index (χ2v) is 4.34. The van der Waals surface area contributed by atoms with E-state index in [4.69, 9.17) is 0 Å². The Morgan fingerprint density at radius 3 is 2.44 bits per heavy atom. The molecular formula is C13H19FN2. The molecule has 3 heteroatoms. The first-order chi connectivity index (χ1) is 7.84. The molecule has 0 spiro atoms. The molecule has 0 atom stereocenters. The summed E-state index contributed by atoms with van der Waals surface area (Å²) in [6.45, 7) is 4.47. The van der Waals surface area contributed by atoms with Crippen molar-refractivity contribution in [1.82, 2.24) is 4.90 Å². The van der Waals surface area contributed by atoms with E-state index in [1.54, 1.807) is 12.1 Å². The van der Waals surface area contributed by atoms with E-state index < -0.39 is 0 Å². The van der Waals surface area contributed by atoms with E-state index in [2.05, 4.69) is 10.2 Å². The molecule has 88 valence electrons. The fourth-order valence-electron chi connectivity index (χ4n) is 2.11. The van der Waals surface area contributed by atoms with Crippen molar-refractivity contribution in [1.29, 1.82) is 0 Å². The standard InChI is InChI=1S/C13H19FN2/c14-12-4-6-13(7-5-12)15-8-11-16-9-2-1-3-10-16/h4-7,15H,1-3,8-11H2. The molecule has 2 rings (SSSR count).